The van der Waals surface area contributed by atoms with Crippen LogP contribution in [-0.2, 0) is 0 Å². The fraction of sp³-hybridized carbons (Fsp3) is 0.409. The lowest BCUT2D eigenvalue weighted by Gasteiger charge is -2.34. The Bertz CT molecular complexity index is 800. The number of carbonyl (C=O) groups excluding carboxylic acids is 1. The summed E-state index contributed by atoms with van der Waals surface area (Å²) in [6, 6.07) is 12.7. The lowest BCUT2D eigenvalue weighted by molar-refractivity contribution is 0.196. The zero-order valence-corrected chi connectivity index (χ0v) is 16.2. The monoisotopic (exact) mass is 351 g/mol. The summed E-state index contributed by atoms with van der Waals surface area (Å²) in [6.45, 7) is 9.90. The van der Waals surface area contributed by atoms with Crippen LogP contribution in [0.3, 0.4) is 0 Å². The number of rotatable bonds is 3. The van der Waals surface area contributed by atoms with Crippen molar-refractivity contribution in [2.45, 2.75) is 46.6 Å². The predicted octanol–water partition coefficient (Wildman–Crippen LogP) is 5.03. The molecule has 0 radical (unpaired) electrons. The normalized spacial score (nSPS) is 17.1. The molecule has 3 rings (SSSR count). The average Bonchev–Trinajstić information content (AvgIpc) is 2.62. The molecule has 1 fully saturated rings. The molecular weight excluding hydrogens is 322 g/mol. The average molecular weight is 351 g/mol. The van der Waals surface area contributed by atoms with Crippen LogP contribution in [-0.4, -0.2) is 30.1 Å². The van der Waals surface area contributed by atoms with Crippen LogP contribution in [0.25, 0.3) is 0 Å². The van der Waals surface area contributed by atoms with Crippen molar-refractivity contribution in [3.8, 4) is 0 Å². The minimum atomic E-state index is -0.00899. The van der Waals surface area contributed by atoms with Gasteiger partial charge in [0.05, 0.1) is 0 Å². The maximum atomic E-state index is 12.7. The first-order valence-corrected chi connectivity index (χ1v) is 9.40. The van der Waals surface area contributed by atoms with Crippen LogP contribution in [0.2, 0.25) is 0 Å². The second-order valence-corrected chi connectivity index (χ2v) is 7.41. The first-order chi connectivity index (χ1) is 12.4. The molecule has 0 unspecified atom stereocenters. The second-order valence-electron chi connectivity index (χ2n) is 7.41. The van der Waals surface area contributed by atoms with Crippen molar-refractivity contribution in [3.63, 3.8) is 0 Å². The molecule has 138 valence electrons. The molecule has 2 aromatic carbocycles. The number of piperidine rings is 1. The van der Waals surface area contributed by atoms with E-state index in [-0.39, 0.29) is 12.1 Å². The van der Waals surface area contributed by atoms with E-state index < -0.39 is 0 Å². The number of aryl methyl sites for hydroxylation is 3. The summed E-state index contributed by atoms with van der Waals surface area (Å²) in [4.78, 5) is 14.6. The van der Waals surface area contributed by atoms with Crippen LogP contribution < -0.4 is 10.6 Å². The Morgan fingerprint density at radius 1 is 1.04 bits per heavy atom. The molecule has 2 aromatic rings. The van der Waals surface area contributed by atoms with E-state index in [2.05, 4.69) is 55.7 Å². The summed E-state index contributed by atoms with van der Waals surface area (Å²) < 4.78 is 0. The summed E-state index contributed by atoms with van der Waals surface area (Å²) in [5.41, 5.74) is 6.94. The Morgan fingerprint density at radius 3 is 2.62 bits per heavy atom. The molecule has 0 aromatic heterocycles. The van der Waals surface area contributed by atoms with Gasteiger partial charge in [0.25, 0.3) is 0 Å². The Morgan fingerprint density at radius 2 is 1.85 bits per heavy atom. The van der Waals surface area contributed by atoms with Gasteiger partial charge in [0.15, 0.2) is 0 Å². The Balaban J connectivity index is 1.63. The molecular formula is C22H29N3O. The fourth-order valence-electron chi connectivity index (χ4n) is 3.43. The van der Waals surface area contributed by atoms with Gasteiger partial charge in [0.1, 0.15) is 0 Å². The smallest absolute Gasteiger partial charge is 0.321 e. The SMILES string of the molecule is Cc1ccc(N[C@@H]2CCCN(C(=O)Nc3cccc(C)c3C)C2)cc1C. The zero-order chi connectivity index (χ0) is 18.7. The van der Waals surface area contributed by atoms with E-state index in [1.165, 1.54) is 16.7 Å². The Kier molecular flexibility index (Phi) is 5.50. The molecule has 0 aliphatic carbocycles. The van der Waals surface area contributed by atoms with Crippen LogP contribution in [0.5, 0.6) is 0 Å². The minimum absolute atomic E-state index is 0.00899. The molecule has 0 bridgehead atoms. The first-order valence-electron chi connectivity index (χ1n) is 9.40. The molecule has 1 aliphatic heterocycles. The van der Waals surface area contributed by atoms with Gasteiger partial charge in [0.2, 0.25) is 0 Å². The standard InChI is InChI=1S/C22H29N3O/c1-15-10-11-19(13-17(15)3)23-20-8-6-12-25(14-20)22(26)24-21-9-5-7-16(2)18(21)4/h5,7,9-11,13,20,23H,6,8,12,14H2,1-4H3,(H,24,26)/t20-/m1/s1. The molecule has 2 amide bonds. The number of likely N-dealkylation sites (tertiary alicyclic amines) is 1. The van der Waals surface area contributed by atoms with Gasteiger partial charge in [-0.25, -0.2) is 4.79 Å². The van der Waals surface area contributed by atoms with Crippen molar-refractivity contribution in [2.24, 2.45) is 0 Å². The van der Waals surface area contributed by atoms with Crippen molar-refractivity contribution >= 4 is 17.4 Å². The highest BCUT2D eigenvalue weighted by molar-refractivity contribution is 5.90. The zero-order valence-electron chi connectivity index (χ0n) is 16.2. The summed E-state index contributed by atoms with van der Waals surface area (Å²) >= 11 is 0. The fourth-order valence-corrected chi connectivity index (χ4v) is 3.43. The third-order valence-corrected chi connectivity index (χ3v) is 5.43. The second kappa shape index (κ2) is 7.81. The maximum absolute atomic E-state index is 12.7. The largest absolute Gasteiger partial charge is 0.381 e. The number of anilines is 2. The van der Waals surface area contributed by atoms with Crippen molar-refractivity contribution in [3.05, 3.63) is 58.7 Å². The van der Waals surface area contributed by atoms with Crippen LogP contribution in [0.1, 0.15) is 35.1 Å². The van der Waals surface area contributed by atoms with Crippen molar-refractivity contribution in [1.82, 2.24) is 4.90 Å². The highest BCUT2D eigenvalue weighted by Gasteiger charge is 2.24. The first kappa shape index (κ1) is 18.3. The highest BCUT2D eigenvalue weighted by Crippen LogP contribution is 2.21. The van der Waals surface area contributed by atoms with Crippen LogP contribution >= 0.6 is 0 Å². The highest BCUT2D eigenvalue weighted by atomic mass is 16.2. The molecule has 1 aliphatic rings. The molecule has 4 nitrogen and oxygen atoms in total. The maximum Gasteiger partial charge on any atom is 0.321 e. The molecule has 2 N–H and O–H groups in total. The molecule has 4 heteroatoms. The lowest BCUT2D eigenvalue weighted by atomic mass is 10.0. The number of amides is 2. The quantitative estimate of drug-likeness (QED) is 0.815. The van der Waals surface area contributed by atoms with Gasteiger partial charge >= 0.3 is 6.03 Å². The molecule has 1 saturated heterocycles. The van der Waals surface area contributed by atoms with E-state index >= 15 is 0 Å². The van der Waals surface area contributed by atoms with E-state index in [0.717, 1.165) is 42.9 Å². The van der Waals surface area contributed by atoms with Gasteiger partial charge in [-0.05, 0) is 81.0 Å². The van der Waals surface area contributed by atoms with Gasteiger partial charge < -0.3 is 15.5 Å². The Hall–Kier alpha value is -2.49. The van der Waals surface area contributed by atoms with Gasteiger partial charge in [-0.1, -0.05) is 18.2 Å². The third kappa shape index (κ3) is 4.18. The van der Waals surface area contributed by atoms with E-state index in [0.29, 0.717) is 0 Å². The number of hydrogen-bond donors (Lipinski definition) is 2. The van der Waals surface area contributed by atoms with Crippen molar-refractivity contribution < 1.29 is 4.79 Å². The number of urea groups is 1. The Labute approximate surface area is 156 Å². The van der Waals surface area contributed by atoms with E-state index in [1.807, 2.05) is 24.0 Å². The van der Waals surface area contributed by atoms with E-state index in [1.54, 1.807) is 0 Å². The minimum Gasteiger partial charge on any atom is -0.381 e. The van der Waals surface area contributed by atoms with Gasteiger partial charge in [0, 0.05) is 30.5 Å². The van der Waals surface area contributed by atoms with Gasteiger partial charge in [-0.2, -0.15) is 0 Å². The molecule has 1 heterocycles. The van der Waals surface area contributed by atoms with Crippen LogP contribution in [0.4, 0.5) is 16.2 Å². The number of benzene rings is 2. The molecule has 1 atom stereocenters. The van der Waals surface area contributed by atoms with Crippen molar-refractivity contribution in [2.75, 3.05) is 23.7 Å². The van der Waals surface area contributed by atoms with Crippen LogP contribution in [0.15, 0.2) is 36.4 Å². The summed E-state index contributed by atoms with van der Waals surface area (Å²) in [6.07, 6.45) is 2.10. The van der Waals surface area contributed by atoms with Crippen LogP contribution in [0, 0.1) is 27.7 Å². The number of carbonyl (C=O) groups is 1. The topological polar surface area (TPSA) is 44.4 Å². The van der Waals surface area contributed by atoms with Gasteiger partial charge in [-0.3, -0.25) is 0 Å². The molecule has 0 saturated carbocycles. The van der Waals surface area contributed by atoms with E-state index in [9.17, 15) is 4.79 Å². The summed E-state index contributed by atoms with van der Waals surface area (Å²) in [7, 11) is 0. The van der Waals surface area contributed by atoms with Crippen molar-refractivity contribution in [1.29, 1.82) is 0 Å². The third-order valence-electron chi connectivity index (χ3n) is 5.43. The summed E-state index contributed by atoms with van der Waals surface area (Å²) in [5, 5.41) is 6.68. The van der Waals surface area contributed by atoms with E-state index in [4.69, 9.17) is 0 Å². The predicted molar refractivity (Wildman–Crippen MR) is 109 cm³/mol. The number of hydrogen-bond acceptors (Lipinski definition) is 2. The number of nitrogens with one attached hydrogen (secondary N) is 2. The lowest BCUT2D eigenvalue weighted by Crippen LogP contribution is -2.46. The number of nitrogens with zero attached hydrogens (tertiary/aromatic N) is 1. The van der Waals surface area contributed by atoms with Gasteiger partial charge in [-0.15, -0.1) is 0 Å². The molecule has 26 heavy (non-hydrogen) atoms. The summed E-state index contributed by atoms with van der Waals surface area (Å²) in [5.74, 6) is 0. The molecule has 0 spiro atoms.